The number of nitrogens with zero attached hydrogens (tertiary/aromatic N) is 3. The monoisotopic (exact) mass is 251 g/mol. The molecule has 19 heavy (non-hydrogen) atoms. The van der Waals surface area contributed by atoms with Gasteiger partial charge in [0.1, 0.15) is 0 Å². The molecule has 1 atom stereocenters. The maximum atomic E-state index is 4.92. The van der Waals surface area contributed by atoms with E-state index in [1.165, 1.54) is 11.1 Å². The lowest BCUT2D eigenvalue weighted by Gasteiger charge is -2.38. The molecular formula is C16H17N3. The van der Waals surface area contributed by atoms with Gasteiger partial charge in [-0.3, -0.25) is 9.98 Å². The molecule has 0 saturated heterocycles. The van der Waals surface area contributed by atoms with E-state index in [0.29, 0.717) is 0 Å². The summed E-state index contributed by atoms with van der Waals surface area (Å²) < 4.78 is 0. The predicted octanol–water partition coefficient (Wildman–Crippen LogP) is 1.57. The van der Waals surface area contributed by atoms with Crippen LogP contribution in [0.2, 0.25) is 0 Å². The fourth-order valence-corrected chi connectivity index (χ4v) is 2.60. The van der Waals surface area contributed by atoms with Crippen molar-refractivity contribution in [3.8, 4) is 0 Å². The third kappa shape index (κ3) is 1.82. The second kappa shape index (κ2) is 4.19. The van der Waals surface area contributed by atoms with Gasteiger partial charge in [-0.05, 0) is 25.5 Å². The van der Waals surface area contributed by atoms with Crippen LogP contribution in [0.4, 0.5) is 0 Å². The van der Waals surface area contributed by atoms with E-state index in [0.717, 1.165) is 10.6 Å². The van der Waals surface area contributed by atoms with E-state index >= 15 is 0 Å². The quantitative estimate of drug-likeness (QED) is 0.769. The van der Waals surface area contributed by atoms with Crippen LogP contribution in [0, 0.1) is 6.92 Å². The standard InChI is InChI=1S/C16H17N3/c1-12-6-4-5-7-14(12)16(2)18-15-10-17-9-8-13(15)11-19(16)3/h4-11H,1-3H3. The van der Waals surface area contributed by atoms with Gasteiger partial charge < -0.3 is 4.90 Å². The Balaban J connectivity index is 2.27. The number of aromatic nitrogens is 1. The maximum Gasteiger partial charge on any atom is 0.155 e. The summed E-state index contributed by atoms with van der Waals surface area (Å²) in [5, 5.41) is 2.06. The molecule has 1 aliphatic heterocycles. The Morgan fingerprint density at radius 1 is 1.16 bits per heavy atom. The molecule has 0 bridgehead atoms. The zero-order chi connectivity index (χ0) is 13.5. The number of rotatable bonds is 1. The fourth-order valence-electron chi connectivity index (χ4n) is 2.60. The van der Waals surface area contributed by atoms with Crippen molar-refractivity contribution in [2.75, 3.05) is 7.05 Å². The molecule has 3 nitrogen and oxygen atoms in total. The van der Waals surface area contributed by atoms with Gasteiger partial charge in [0.25, 0.3) is 0 Å². The minimum atomic E-state index is -0.374. The number of benzene rings is 1. The summed E-state index contributed by atoms with van der Waals surface area (Å²) in [5.41, 5.74) is 2.10. The minimum absolute atomic E-state index is 0.374. The highest BCUT2D eigenvalue weighted by Gasteiger charge is 2.31. The predicted molar refractivity (Wildman–Crippen MR) is 75.8 cm³/mol. The molecule has 1 aromatic heterocycles. The Hall–Kier alpha value is -2.16. The molecule has 0 N–H and O–H groups in total. The van der Waals surface area contributed by atoms with E-state index in [2.05, 4.69) is 61.2 Å². The lowest BCUT2D eigenvalue weighted by molar-refractivity contribution is 0.224. The van der Waals surface area contributed by atoms with Gasteiger partial charge >= 0.3 is 0 Å². The summed E-state index contributed by atoms with van der Waals surface area (Å²) in [4.78, 5) is 11.3. The molecule has 3 rings (SSSR count). The lowest BCUT2D eigenvalue weighted by Crippen LogP contribution is -2.46. The SMILES string of the molecule is Cc1ccccc1C1(C)N=c2cnccc2=CN1C. The molecule has 3 heteroatoms. The van der Waals surface area contributed by atoms with Crippen molar-refractivity contribution in [3.63, 3.8) is 0 Å². The number of pyridine rings is 1. The molecule has 2 heterocycles. The van der Waals surface area contributed by atoms with Gasteiger partial charge in [0.2, 0.25) is 0 Å². The molecule has 2 aromatic rings. The molecule has 1 aliphatic rings. The van der Waals surface area contributed by atoms with Crippen molar-refractivity contribution in [1.82, 2.24) is 9.88 Å². The van der Waals surface area contributed by atoms with Crippen molar-refractivity contribution in [2.45, 2.75) is 19.5 Å². The van der Waals surface area contributed by atoms with Crippen LogP contribution in [0.5, 0.6) is 0 Å². The number of fused-ring (bicyclic) bond motifs is 1. The average Bonchev–Trinajstić information content (AvgIpc) is 2.40. The summed E-state index contributed by atoms with van der Waals surface area (Å²) in [6, 6.07) is 10.4. The molecule has 0 radical (unpaired) electrons. The van der Waals surface area contributed by atoms with Crippen LogP contribution in [0.15, 0.2) is 47.7 Å². The smallest absolute Gasteiger partial charge is 0.155 e. The topological polar surface area (TPSA) is 28.5 Å². The van der Waals surface area contributed by atoms with Crippen LogP contribution in [0.3, 0.4) is 0 Å². The van der Waals surface area contributed by atoms with E-state index in [-0.39, 0.29) is 5.66 Å². The van der Waals surface area contributed by atoms with E-state index < -0.39 is 0 Å². The zero-order valence-electron chi connectivity index (χ0n) is 11.5. The van der Waals surface area contributed by atoms with Crippen LogP contribution in [0.25, 0.3) is 6.20 Å². The van der Waals surface area contributed by atoms with Gasteiger partial charge in [-0.25, -0.2) is 0 Å². The Bertz CT molecular complexity index is 736. The Morgan fingerprint density at radius 3 is 2.74 bits per heavy atom. The molecule has 0 saturated carbocycles. The summed E-state index contributed by atoms with van der Waals surface area (Å²) in [6.45, 7) is 4.27. The highest BCUT2D eigenvalue weighted by molar-refractivity contribution is 5.37. The van der Waals surface area contributed by atoms with Crippen LogP contribution in [-0.2, 0) is 5.66 Å². The number of hydrogen-bond donors (Lipinski definition) is 0. The maximum absolute atomic E-state index is 4.92. The first-order valence-electron chi connectivity index (χ1n) is 6.42. The third-order valence-corrected chi connectivity index (χ3v) is 3.85. The summed E-state index contributed by atoms with van der Waals surface area (Å²) in [6.07, 6.45) is 5.76. The molecule has 0 fully saturated rings. The van der Waals surface area contributed by atoms with Crippen LogP contribution < -0.4 is 10.6 Å². The molecule has 96 valence electrons. The summed E-state index contributed by atoms with van der Waals surface area (Å²) in [5.74, 6) is 0. The number of aryl methyl sites for hydroxylation is 1. The third-order valence-electron chi connectivity index (χ3n) is 3.85. The Kier molecular flexibility index (Phi) is 2.63. The van der Waals surface area contributed by atoms with Crippen molar-refractivity contribution in [3.05, 3.63) is 64.4 Å². The van der Waals surface area contributed by atoms with Crippen LogP contribution >= 0.6 is 0 Å². The molecule has 1 aromatic carbocycles. The lowest BCUT2D eigenvalue weighted by atomic mass is 9.95. The molecule has 1 unspecified atom stereocenters. The van der Waals surface area contributed by atoms with Crippen molar-refractivity contribution < 1.29 is 0 Å². The molecule has 0 aliphatic carbocycles. The van der Waals surface area contributed by atoms with Crippen LogP contribution in [-0.4, -0.2) is 16.9 Å². The van der Waals surface area contributed by atoms with Gasteiger partial charge in [-0.15, -0.1) is 0 Å². The first-order valence-corrected chi connectivity index (χ1v) is 6.42. The average molecular weight is 251 g/mol. The summed E-state index contributed by atoms with van der Waals surface area (Å²) >= 11 is 0. The van der Waals surface area contributed by atoms with E-state index in [1.54, 1.807) is 6.20 Å². The molecule has 0 spiro atoms. The summed E-state index contributed by atoms with van der Waals surface area (Å²) in [7, 11) is 2.07. The van der Waals surface area contributed by atoms with Gasteiger partial charge in [0.05, 0.1) is 11.6 Å². The Labute approximate surface area is 112 Å². The number of hydrogen-bond acceptors (Lipinski definition) is 3. The molecule has 0 amide bonds. The first kappa shape index (κ1) is 11.9. The molecular weight excluding hydrogens is 234 g/mol. The van der Waals surface area contributed by atoms with Gasteiger partial charge in [0.15, 0.2) is 5.66 Å². The fraction of sp³-hybridized carbons (Fsp3) is 0.250. The van der Waals surface area contributed by atoms with Gasteiger partial charge in [-0.1, -0.05) is 24.3 Å². The minimum Gasteiger partial charge on any atom is -0.352 e. The van der Waals surface area contributed by atoms with E-state index in [4.69, 9.17) is 4.99 Å². The largest absolute Gasteiger partial charge is 0.352 e. The van der Waals surface area contributed by atoms with Gasteiger partial charge in [0, 0.05) is 30.2 Å². The van der Waals surface area contributed by atoms with Crippen molar-refractivity contribution in [2.24, 2.45) is 4.99 Å². The highest BCUT2D eigenvalue weighted by Crippen LogP contribution is 2.31. The second-order valence-electron chi connectivity index (χ2n) is 5.12. The van der Waals surface area contributed by atoms with Gasteiger partial charge in [-0.2, -0.15) is 0 Å². The first-order chi connectivity index (χ1) is 9.11. The zero-order valence-corrected chi connectivity index (χ0v) is 11.5. The van der Waals surface area contributed by atoms with Crippen molar-refractivity contribution in [1.29, 1.82) is 0 Å². The Morgan fingerprint density at radius 2 is 1.95 bits per heavy atom. The second-order valence-corrected chi connectivity index (χ2v) is 5.12. The normalized spacial score (nSPS) is 21.3. The van der Waals surface area contributed by atoms with E-state index in [9.17, 15) is 0 Å². The van der Waals surface area contributed by atoms with Crippen molar-refractivity contribution >= 4 is 6.20 Å². The highest BCUT2D eigenvalue weighted by atomic mass is 15.3. The van der Waals surface area contributed by atoms with Crippen LogP contribution in [0.1, 0.15) is 18.1 Å². The van der Waals surface area contributed by atoms with E-state index in [1.807, 2.05) is 12.3 Å².